The summed E-state index contributed by atoms with van der Waals surface area (Å²) in [7, 11) is 0. The largest absolute Gasteiger partial charge is 0.396 e. The van der Waals surface area contributed by atoms with E-state index in [2.05, 4.69) is 15.1 Å². The van der Waals surface area contributed by atoms with E-state index in [0.717, 1.165) is 18.9 Å². The number of nitrogens with zero attached hydrogens (tertiary/aromatic N) is 3. The van der Waals surface area contributed by atoms with Crippen LogP contribution in [-0.2, 0) is 0 Å². The molecule has 1 aromatic rings. The summed E-state index contributed by atoms with van der Waals surface area (Å²) in [5.74, 6) is 0.721. The van der Waals surface area contributed by atoms with Gasteiger partial charge in [0.15, 0.2) is 5.82 Å². The monoisotopic (exact) mass is 198 g/mol. The minimum atomic E-state index is 0.499. The van der Waals surface area contributed by atoms with Gasteiger partial charge in [0, 0.05) is 13.1 Å². The number of nitrogen functional groups attached to an aromatic ring is 1. The zero-order valence-electron chi connectivity index (χ0n) is 7.20. The topological polar surface area (TPSA) is 55.0 Å². The van der Waals surface area contributed by atoms with Crippen molar-refractivity contribution in [3.63, 3.8) is 0 Å². The third-order valence-electron chi connectivity index (χ3n) is 2.20. The van der Waals surface area contributed by atoms with Gasteiger partial charge in [-0.1, -0.05) is 11.6 Å². The van der Waals surface area contributed by atoms with Crippen LogP contribution >= 0.6 is 11.6 Å². The Morgan fingerprint density at radius 2 is 2.08 bits per heavy atom. The molecule has 1 aliphatic rings. The third-order valence-corrected chi connectivity index (χ3v) is 2.59. The molecule has 1 saturated heterocycles. The van der Waals surface area contributed by atoms with Crippen molar-refractivity contribution in [3.05, 3.63) is 11.2 Å². The van der Waals surface area contributed by atoms with Crippen LogP contribution in [0.5, 0.6) is 0 Å². The third kappa shape index (κ3) is 1.54. The second-order valence-corrected chi connectivity index (χ2v) is 3.51. The summed E-state index contributed by atoms with van der Waals surface area (Å²) in [5.41, 5.74) is 6.13. The van der Waals surface area contributed by atoms with Crippen molar-refractivity contribution in [2.24, 2.45) is 0 Å². The maximum absolute atomic E-state index is 6.00. The predicted molar refractivity (Wildman–Crippen MR) is 52.9 cm³/mol. The molecule has 70 valence electrons. The molecule has 2 N–H and O–H groups in total. The Morgan fingerprint density at radius 1 is 1.38 bits per heavy atom. The molecule has 0 atom stereocenters. The average Bonchev–Trinajstić information content (AvgIpc) is 2.62. The van der Waals surface area contributed by atoms with Crippen LogP contribution in [0.2, 0.25) is 5.02 Å². The van der Waals surface area contributed by atoms with Gasteiger partial charge in [-0.2, -0.15) is 5.10 Å². The number of rotatable bonds is 1. The Morgan fingerprint density at radius 3 is 2.77 bits per heavy atom. The molecule has 0 aromatic carbocycles. The summed E-state index contributed by atoms with van der Waals surface area (Å²) in [6.45, 7) is 2.00. The first-order valence-corrected chi connectivity index (χ1v) is 4.68. The van der Waals surface area contributed by atoms with E-state index in [4.69, 9.17) is 17.3 Å². The predicted octanol–water partition coefficient (Wildman–Crippen LogP) is 1.31. The van der Waals surface area contributed by atoms with Crippen LogP contribution in [0, 0.1) is 0 Å². The number of anilines is 2. The summed E-state index contributed by atoms with van der Waals surface area (Å²) in [6, 6.07) is 0. The van der Waals surface area contributed by atoms with E-state index >= 15 is 0 Å². The summed E-state index contributed by atoms with van der Waals surface area (Å²) in [4.78, 5) is 2.12. The van der Waals surface area contributed by atoms with E-state index < -0.39 is 0 Å². The van der Waals surface area contributed by atoms with Gasteiger partial charge in [0.1, 0.15) is 5.02 Å². The lowest BCUT2D eigenvalue weighted by atomic mass is 10.4. The van der Waals surface area contributed by atoms with E-state index in [9.17, 15) is 0 Å². The number of hydrogen-bond acceptors (Lipinski definition) is 4. The van der Waals surface area contributed by atoms with Crippen molar-refractivity contribution in [3.8, 4) is 0 Å². The SMILES string of the molecule is Nc1cnnc(N2CCCC2)c1Cl. The minimum Gasteiger partial charge on any atom is -0.396 e. The molecule has 0 radical (unpaired) electrons. The molecule has 1 aliphatic heterocycles. The highest BCUT2D eigenvalue weighted by molar-refractivity contribution is 6.35. The van der Waals surface area contributed by atoms with Gasteiger partial charge in [-0.25, -0.2) is 0 Å². The molecule has 2 heterocycles. The maximum atomic E-state index is 6.00. The van der Waals surface area contributed by atoms with Gasteiger partial charge >= 0.3 is 0 Å². The number of aromatic nitrogens is 2. The summed E-state index contributed by atoms with van der Waals surface area (Å²) in [5, 5.41) is 8.30. The molecule has 0 saturated carbocycles. The van der Waals surface area contributed by atoms with Crippen molar-refractivity contribution in [2.45, 2.75) is 12.8 Å². The van der Waals surface area contributed by atoms with E-state index in [1.54, 1.807) is 0 Å². The fraction of sp³-hybridized carbons (Fsp3) is 0.500. The zero-order chi connectivity index (χ0) is 9.26. The van der Waals surface area contributed by atoms with E-state index in [1.807, 2.05) is 0 Å². The smallest absolute Gasteiger partial charge is 0.172 e. The first-order chi connectivity index (χ1) is 6.29. The molecule has 1 aromatic heterocycles. The molecular formula is C8H11ClN4. The van der Waals surface area contributed by atoms with E-state index in [-0.39, 0.29) is 0 Å². The van der Waals surface area contributed by atoms with Crippen LogP contribution in [0.15, 0.2) is 6.20 Å². The Hall–Kier alpha value is -1.03. The molecular weight excluding hydrogens is 188 g/mol. The average molecular weight is 199 g/mol. The summed E-state index contributed by atoms with van der Waals surface area (Å²) >= 11 is 6.00. The standard InChI is InChI=1S/C8H11ClN4/c9-7-6(10)5-11-12-8(7)13-3-1-2-4-13/h5H,1-4H2,(H2,10,12). The molecule has 1 fully saturated rings. The summed E-state index contributed by atoms with van der Waals surface area (Å²) < 4.78 is 0. The zero-order valence-corrected chi connectivity index (χ0v) is 7.96. The fourth-order valence-electron chi connectivity index (χ4n) is 1.51. The Labute approximate surface area is 81.7 Å². The van der Waals surface area contributed by atoms with Crippen LogP contribution in [0.25, 0.3) is 0 Å². The van der Waals surface area contributed by atoms with Crippen molar-refractivity contribution in [2.75, 3.05) is 23.7 Å². The molecule has 4 nitrogen and oxygen atoms in total. The van der Waals surface area contributed by atoms with Gasteiger partial charge in [0.2, 0.25) is 0 Å². The van der Waals surface area contributed by atoms with Crippen molar-refractivity contribution < 1.29 is 0 Å². The highest BCUT2D eigenvalue weighted by Gasteiger charge is 2.17. The molecule has 5 heteroatoms. The Kier molecular flexibility index (Phi) is 2.22. The van der Waals surface area contributed by atoms with Gasteiger partial charge in [-0.05, 0) is 12.8 Å². The molecule has 0 unspecified atom stereocenters. The molecule has 13 heavy (non-hydrogen) atoms. The first kappa shape index (κ1) is 8.56. The molecule has 2 rings (SSSR count). The summed E-state index contributed by atoms with van der Waals surface area (Å²) in [6.07, 6.45) is 3.85. The number of hydrogen-bond donors (Lipinski definition) is 1. The van der Waals surface area contributed by atoms with Gasteiger partial charge in [-0.3, -0.25) is 0 Å². The van der Waals surface area contributed by atoms with Crippen molar-refractivity contribution in [1.29, 1.82) is 0 Å². The number of halogens is 1. The molecule has 0 aliphatic carbocycles. The normalized spacial score (nSPS) is 16.5. The van der Waals surface area contributed by atoms with Crippen LogP contribution in [0.3, 0.4) is 0 Å². The van der Waals surface area contributed by atoms with Gasteiger partial charge in [0.25, 0.3) is 0 Å². The second kappa shape index (κ2) is 3.38. The van der Waals surface area contributed by atoms with Crippen molar-refractivity contribution in [1.82, 2.24) is 10.2 Å². The lowest BCUT2D eigenvalue weighted by molar-refractivity contribution is 0.895. The van der Waals surface area contributed by atoms with Gasteiger partial charge in [0.05, 0.1) is 11.9 Å². The highest BCUT2D eigenvalue weighted by Crippen LogP contribution is 2.29. The lowest BCUT2D eigenvalue weighted by Gasteiger charge is -2.16. The second-order valence-electron chi connectivity index (χ2n) is 3.13. The van der Waals surface area contributed by atoms with E-state index in [0.29, 0.717) is 10.7 Å². The lowest BCUT2D eigenvalue weighted by Crippen LogP contribution is -2.20. The number of nitrogens with two attached hydrogens (primary N) is 1. The Bertz CT molecular complexity index is 309. The molecule has 0 amide bonds. The van der Waals surface area contributed by atoms with E-state index in [1.165, 1.54) is 19.0 Å². The van der Waals surface area contributed by atoms with Gasteiger partial charge < -0.3 is 10.6 Å². The maximum Gasteiger partial charge on any atom is 0.172 e. The first-order valence-electron chi connectivity index (χ1n) is 4.30. The van der Waals surface area contributed by atoms with Gasteiger partial charge in [-0.15, -0.1) is 5.10 Å². The highest BCUT2D eigenvalue weighted by atomic mass is 35.5. The molecule has 0 spiro atoms. The van der Waals surface area contributed by atoms with Crippen molar-refractivity contribution >= 4 is 23.1 Å². The minimum absolute atomic E-state index is 0.499. The fourth-order valence-corrected chi connectivity index (χ4v) is 1.71. The van der Waals surface area contributed by atoms with Crippen LogP contribution in [-0.4, -0.2) is 23.3 Å². The molecule has 0 bridgehead atoms. The van der Waals surface area contributed by atoms with Crippen LogP contribution in [0.4, 0.5) is 11.5 Å². The van der Waals surface area contributed by atoms with Crippen LogP contribution in [0.1, 0.15) is 12.8 Å². The van der Waals surface area contributed by atoms with Crippen LogP contribution < -0.4 is 10.6 Å². The quantitative estimate of drug-likeness (QED) is 0.740. The Balaban J connectivity index is 2.33.